The number of hydrogen-bond donors (Lipinski definition) is 1. The van der Waals surface area contributed by atoms with Crippen LogP contribution < -0.4 is 0 Å². The van der Waals surface area contributed by atoms with Crippen molar-refractivity contribution in [2.45, 2.75) is 19.4 Å². The molecule has 0 bridgehead atoms. The third-order valence-corrected chi connectivity index (χ3v) is 2.80. The van der Waals surface area contributed by atoms with Gasteiger partial charge in [0.15, 0.2) is 0 Å². The third-order valence-electron chi connectivity index (χ3n) is 1.63. The molecule has 12 heavy (non-hydrogen) atoms. The summed E-state index contributed by atoms with van der Waals surface area (Å²) in [5.41, 5.74) is -0.455. The second kappa shape index (κ2) is 3.36. The van der Waals surface area contributed by atoms with Gasteiger partial charge in [-0.25, -0.2) is 4.68 Å². The topological polar surface area (TPSA) is 38.0 Å². The van der Waals surface area contributed by atoms with E-state index < -0.39 is 5.54 Å². The highest BCUT2D eigenvalue weighted by Crippen LogP contribution is 2.26. The van der Waals surface area contributed by atoms with Gasteiger partial charge in [-0.1, -0.05) is 11.6 Å². The van der Waals surface area contributed by atoms with Gasteiger partial charge in [-0.3, -0.25) is 0 Å². The monoisotopic (exact) mass is 252 g/mol. The lowest BCUT2D eigenvalue weighted by Gasteiger charge is -2.23. The zero-order chi connectivity index (χ0) is 9.35. The van der Waals surface area contributed by atoms with Gasteiger partial charge in [-0.05, 0) is 29.8 Å². The minimum atomic E-state index is -0.455. The van der Waals surface area contributed by atoms with E-state index in [1.54, 1.807) is 10.9 Å². The van der Waals surface area contributed by atoms with E-state index >= 15 is 0 Å². The molecular weight excluding hydrogens is 243 g/mol. The summed E-state index contributed by atoms with van der Waals surface area (Å²) in [7, 11) is 0. The molecule has 0 fully saturated rings. The summed E-state index contributed by atoms with van der Waals surface area (Å²) in [6, 6.07) is 0. The third kappa shape index (κ3) is 1.65. The highest BCUT2D eigenvalue weighted by Gasteiger charge is 2.23. The number of rotatable bonds is 2. The molecule has 0 saturated carbocycles. The van der Waals surface area contributed by atoms with Crippen molar-refractivity contribution in [3.63, 3.8) is 0 Å². The summed E-state index contributed by atoms with van der Waals surface area (Å²) in [6.07, 6.45) is 1.61. The Bertz CT molecular complexity index is 285. The number of aliphatic hydroxyl groups excluding tert-OH is 1. The molecular formula is C7H10BrClN2O. The van der Waals surface area contributed by atoms with Gasteiger partial charge in [0.2, 0.25) is 0 Å². The van der Waals surface area contributed by atoms with Crippen molar-refractivity contribution in [3.05, 3.63) is 15.8 Å². The Morgan fingerprint density at radius 1 is 1.75 bits per heavy atom. The Balaban J connectivity index is 3.11. The number of aromatic nitrogens is 2. The zero-order valence-electron chi connectivity index (χ0n) is 6.88. The molecule has 3 nitrogen and oxygen atoms in total. The number of nitrogens with zero attached hydrogens (tertiary/aromatic N) is 2. The van der Waals surface area contributed by atoms with E-state index in [9.17, 15) is 0 Å². The van der Waals surface area contributed by atoms with Gasteiger partial charge in [0.1, 0.15) is 5.15 Å². The van der Waals surface area contributed by atoms with Crippen LogP contribution in [0.25, 0.3) is 0 Å². The summed E-state index contributed by atoms with van der Waals surface area (Å²) < 4.78 is 2.32. The average molecular weight is 254 g/mol. The number of aliphatic hydroxyl groups is 1. The van der Waals surface area contributed by atoms with Crippen molar-refractivity contribution in [2.75, 3.05) is 6.61 Å². The SMILES string of the molecule is CC(C)(CO)n1ncc(Br)c1Cl. The smallest absolute Gasteiger partial charge is 0.141 e. The van der Waals surface area contributed by atoms with Crippen molar-refractivity contribution in [1.82, 2.24) is 9.78 Å². The van der Waals surface area contributed by atoms with Gasteiger partial charge < -0.3 is 5.11 Å². The molecule has 0 unspecified atom stereocenters. The van der Waals surface area contributed by atoms with Crippen molar-refractivity contribution in [2.24, 2.45) is 0 Å². The van der Waals surface area contributed by atoms with Crippen LogP contribution in [0.4, 0.5) is 0 Å². The summed E-state index contributed by atoms with van der Waals surface area (Å²) in [4.78, 5) is 0. The van der Waals surface area contributed by atoms with Crippen LogP contribution in [-0.4, -0.2) is 21.5 Å². The Kier molecular flexibility index (Phi) is 2.81. The Labute approximate surface area is 84.5 Å². The second-order valence-corrected chi connectivity index (χ2v) is 4.38. The maximum absolute atomic E-state index is 9.05. The quantitative estimate of drug-likeness (QED) is 0.876. The lowest BCUT2D eigenvalue weighted by Crippen LogP contribution is -2.31. The molecule has 0 amide bonds. The first kappa shape index (κ1) is 10.0. The summed E-state index contributed by atoms with van der Waals surface area (Å²) >= 11 is 9.16. The lowest BCUT2D eigenvalue weighted by atomic mass is 10.1. The van der Waals surface area contributed by atoms with E-state index in [-0.39, 0.29) is 6.61 Å². The second-order valence-electron chi connectivity index (χ2n) is 3.17. The number of hydrogen-bond acceptors (Lipinski definition) is 2. The molecule has 0 radical (unpaired) electrons. The molecule has 0 atom stereocenters. The molecule has 0 aliphatic rings. The van der Waals surface area contributed by atoms with Crippen LogP contribution in [-0.2, 0) is 5.54 Å². The molecule has 0 saturated heterocycles. The van der Waals surface area contributed by atoms with Crippen molar-refractivity contribution >= 4 is 27.5 Å². The van der Waals surface area contributed by atoms with Gasteiger partial charge in [0, 0.05) is 0 Å². The zero-order valence-corrected chi connectivity index (χ0v) is 9.22. The molecule has 1 aromatic heterocycles. The first-order valence-corrected chi connectivity index (χ1v) is 4.66. The van der Waals surface area contributed by atoms with Crippen molar-refractivity contribution < 1.29 is 5.11 Å². The van der Waals surface area contributed by atoms with Crippen LogP contribution in [0, 0.1) is 0 Å². The molecule has 0 aliphatic heterocycles. The highest BCUT2D eigenvalue weighted by atomic mass is 79.9. The number of halogens is 2. The molecule has 5 heteroatoms. The van der Waals surface area contributed by atoms with Gasteiger partial charge in [-0.2, -0.15) is 5.10 Å². The summed E-state index contributed by atoms with van der Waals surface area (Å²) in [6.45, 7) is 3.72. The minimum absolute atomic E-state index is 0.000833. The van der Waals surface area contributed by atoms with E-state index in [1.807, 2.05) is 13.8 Å². The first-order chi connectivity index (χ1) is 5.49. The minimum Gasteiger partial charge on any atom is -0.394 e. The largest absolute Gasteiger partial charge is 0.394 e. The van der Waals surface area contributed by atoms with E-state index in [0.717, 1.165) is 4.47 Å². The molecule has 1 heterocycles. The molecule has 1 aromatic rings. The summed E-state index contributed by atoms with van der Waals surface area (Å²) in [5, 5.41) is 13.6. The van der Waals surface area contributed by atoms with Gasteiger partial charge >= 0.3 is 0 Å². The van der Waals surface area contributed by atoms with E-state index in [0.29, 0.717) is 5.15 Å². The average Bonchev–Trinajstić information content (AvgIpc) is 2.33. The van der Waals surface area contributed by atoms with Gasteiger partial charge in [-0.15, -0.1) is 0 Å². The molecule has 0 aliphatic carbocycles. The lowest BCUT2D eigenvalue weighted by molar-refractivity contribution is 0.152. The van der Waals surface area contributed by atoms with Crippen molar-refractivity contribution in [1.29, 1.82) is 0 Å². The van der Waals surface area contributed by atoms with Crippen LogP contribution in [0.5, 0.6) is 0 Å². The van der Waals surface area contributed by atoms with E-state index in [2.05, 4.69) is 21.0 Å². The maximum Gasteiger partial charge on any atom is 0.141 e. The van der Waals surface area contributed by atoms with E-state index in [1.165, 1.54) is 0 Å². The Hall–Kier alpha value is -0.0600. The first-order valence-electron chi connectivity index (χ1n) is 3.49. The fraction of sp³-hybridized carbons (Fsp3) is 0.571. The standard InChI is InChI=1S/C7H10BrClN2O/c1-7(2,4-12)11-6(9)5(8)3-10-11/h3,12H,4H2,1-2H3. The van der Waals surface area contributed by atoms with Crippen LogP contribution in [0.2, 0.25) is 5.15 Å². The maximum atomic E-state index is 9.05. The fourth-order valence-corrected chi connectivity index (χ4v) is 1.38. The van der Waals surface area contributed by atoms with E-state index in [4.69, 9.17) is 16.7 Å². The predicted octanol–water partition coefficient (Wildman–Crippen LogP) is 2.03. The normalized spacial score (nSPS) is 12.1. The van der Waals surface area contributed by atoms with Crippen LogP contribution in [0.3, 0.4) is 0 Å². The van der Waals surface area contributed by atoms with Crippen LogP contribution >= 0.6 is 27.5 Å². The Morgan fingerprint density at radius 3 is 2.67 bits per heavy atom. The molecule has 1 rings (SSSR count). The van der Waals surface area contributed by atoms with Crippen LogP contribution in [0.15, 0.2) is 10.7 Å². The molecule has 0 aromatic carbocycles. The Morgan fingerprint density at radius 2 is 2.33 bits per heavy atom. The molecule has 0 spiro atoms. The molecule has 1 N–H and O–H groups in total. The van der Waals surface area contributed by atoms with Gasteiger partial charge in [0.05, 0.1) is 22.8 Å². The summed E-state index contributed by atoms with van der Waals surface area (Å²) in [5.74, 6) is 0. The molecule has 68 valence electrons. The van der Waals surface area contributed by atoms with Gasteiger partial charge in [0.25, 0.3) is 0 Å². The fourth-order valence-electron chi connectivity index (χ4n) is 0.803. The predicted molar refractivity (Wildman–Crippen MR) is 51.3 cm³/mol. The highest BCUT2D eigenvalue weighted by molar-refractivity contribution is 9.10. The van der Waals surface area contributed by atoms with Crippen LogP contribution in [0.1, 0.15) is 13.8 Å². The van der Waals surface area contributed by atoms with Crippen molar-refractivity contribution in [3.8, 4) is 0 Å².